The fraction of sp³-hybridized carbons (Fsp3) is 0.174. The molecular formula is C23H20N6O3. The zero-order valence-corrected chi connectivity index (χ0v) is 17.8. The van der Waals surface area contributed by atoms with E-state index in [2.05, 4.69) is 15.5 Å². The van der Waals surface area contributed by atoms with E-state index in [0.717, 1.165) is 22.3 Å². The van der Waals surface area contributed by atoms with E-state index in [1.54, 1.807) is 25.5 Å². The molecule has 0 atom stereocenters. The normalized spacial score (nSPS) is 11.2. The van der Waals surface area contributed by atoms with Gasteiger partial charge in [-0.3, -0.25) is 0 Å². The van der Waals surface area contributed by atoms with Crippen LogP contribution in [-0.4, -0.2) is 44.5 Å². The molecule has 9 nitrogen and oxygen atoms in total. The zero-order valence-electron chi connectivity index (χ0n) is 17.8. The average Bonchev–Trinajstić information content (AvgIpc) is 3.21. The highest BCUT2D eigenvalue weighted by molar-refractivity contribution is 6.14. The number of anilines is 2. The van der Waals surface area contributed by atoms with Gasteiger partial charge in [-0.25, -0.2) is 14.3 Å². The highest BCUT2D eigenvalue weighted by Crippen LogP contribution is 2.33. The van der Waals surface area contributed by atoms with Crippen molar-refractivity contribution in [3.63, 3.8) is 0 Å². The van der Waals surface area contributed by atoms with Gasteiger partial charge in [0.15, 0.2) is 11.3 Å². The fourth-order valence-electron chi connectivity index (χ4n) is 3.65. The van der Waals surface area contributed by atoms with Crippen molar-refractivity contribution in [2.45, 2.75) is 13.8 Å². The summed E-state index contributed by atoms with van der Waals surface area (Å²) in [6.45, 7) is 3.77. The average molecular weight is 428 g/mol. The zero-order chi connectivity index (χ0) is 22.2. The van der Waals surface area contributed by atoms with Crippen LogP contribution in [-0.2, 0) is 4.74 Å². The van der Waals surface area contributed by atoms with Crippen LogP contribution in [0.1, 0.15) is 23.1 Å². The monoisotopic (exact) mass is 428 g/mol. The Kier molecular flexibility index (Phi) is 4.78. The van der Waals surface area contributed by atoms with Crippen molar-refractivity contribution in [2.24, 2.45) is 0 Å². The van der Waals surface area contributed by atoms with Crippen LogP contribution in [0.5, 0.6) is 5.75 Å². The molecule has 0 aliphatic heterocycles. The predicted molar refractivity (Wildman–Crippen MR) is 121 cm³/mol. The lowest BCUT2D eigenvalue weighted by molar-refractivity contribution is 0.0516. The Hall–Kier alpha value is -4.27. The molecule has 3 heterocycles. The number of ether oxygens (including phenoxy) is 2. The Morgan fingerprint density at radius 3 is 2.62 bits per heavy atom. The predicted octanol–water partition coefficient (Wildman–Crippen LogP) is 4.06. The maximum absolute atomic E-state index is 12.3. The van der Waals surface area contributed by atoms with Crippen molar-refractivity contribution in [1.82, 2.24) is 24.8 Å². The summed E-state index contributed by atoms with van der Waals surface area (Å²) in [6.07, 6.45) is 0. The number of aromatic nitrogens is 5. The smallest absolute Gasteiger partial charge is 0.360 e. The topological polar surface area (TPSA) is 104 Å². The Bertz CT molecular complexity index is 1480. The minimum Gasteiger partial charge on any atom is -0.497 e. The van der Waals surface area contributed by atoms with Gasteiger partial charge >= 0.3 is 5.97 Å². The molecule has 0 bridgehead atoms. The first kappa shape index (κ1) is 19.7. The number of benzene rings is 2. The van der Waals surface area contributed by atoms with Crippen LogP contribution in [0, 0.1) is 6.92 Å². The van der Waals surface area contributed by atoms with Crippen molar-refractivity contribution >= 4 is 44.9 Å². The fourth-order valence-corrected chi connectivity index (χ4v) is 3.65. The molecule has 160 valence electrons. The van der Waals surface area contributed by atoms with Gasteiger partial charge in [-0.2, -0.15) is 5.10 Å². The summed E-state index contributed by atoms with van der Waals surface area (Å²) in [5.74, 6) is 0.825. The van der Waals surface area contributed by atoms with Crippen LogP contribution < -0.4 is 10.1 Å². The number of carbonyl (C=O) groups excluding carboxylic acids is 1. The summed E-state index contributed by atoms with van der Waals surface area (Å²) >= 11 is 0. The van der Waals surface area contributed by atoms with Crippen LogP contribution in [0.2, 0.25) is 0 Å². The minimum absolute atomic E-state index is 0.133. The van der Waals surface area contributed by atoms with Crippen LogP contribution >= 0.6 is 0 Å². The number of para-hydroxylation sites is 1. The van der Waals surface area contributed by atoms with E-state index in [1.807, 2.05) is 48.5 Å². The second kappa shape index (κ2) is 7.77. The third-order valence-corrected chi connectivity index (χ3v) is 5.22. The molecule has 9 heteroatoms. The summed E-state index contributed by atoms with van der Waals surface area (Å²) in [5.41, 5.74) is 3.51. The molecule has 0 saturated heterocycles. The van der Waals surface area contributed by atoms with Gasteiger partial charge in [0.1, 0.15) is 17.1 Å². The third-order valence-electron chi connectivity index (χ3n) is 5.22. The number of methoxy groups -OCH3 is 1. The maximum atomic E-state index is 12.3. The highest BCUT2D eigenvalue weighted by Gasteiger charge is 2.22. The van der Waals surface area contributed by atoms with Crippen molar-refractivity contribution in [3.05, 3.63) is 59.9 Å². The molecule has 32 heavy (non-hydrogen) atoms. The van der Waals surface area contributed by atoms with Gasteiger partial charge in [-0.1, -0.05) is 18.2 Å². The van der Waals surface area contributed by atoms with Gasteiger partial charge < -0.3 is 14.8 Å². The highest BCUT2D eigenvalue weighted by atomic mass is 16.5. The number of nitrogens with zero attached hydrogens (tertiary/aromatic N) is 5. The van der Waals surface area contributed by atoms with Crippen LogP contribution in [0.4, 0.5) is 11.5 Å². The van der Waals surface area contributed by atoms with E-state index in [0.29, 0.717) is 28.1 Å². The molecule has 5 aromatic rings. The molecule has 0 aliphatic carbocycles. The van der Waals surface area contributed by atoms with E-state index in [9.17, 15) is 4.79 Å². The van der Waals surface area contributed by atoms with Crippen molar-refractivity contribution in [2.75, 3.05) is 19.0 Å². The first-order chi connectivity index (χ1) is 15.6. The molecular weight excluding hydrogens is 408 g/mol. The lowest BCUT2D eigenvalue weighted by Crippen LogP contribution is -2.14. The number of pyridine rings is 1. The number of rotatable bonds is 5. The molecule has 2 aromatic carbocycles. The van der Waals surface area contributed by atoms with Crippen LogP contribution in [0.15, 0.2) is 48.5 Å². The van der Waals surface area contributed by atoms with Gasteiger partial charge in [0.05, 0.1) is 30.3 Å². The summed E-state index contributed by atoms with van der Waals surface area (Å²) in [5, 5.41) is 18.2. The first-order valence-corrected chi connectivity index (χ1v) is 10.1. The van der Waals surface area contributed by atoms with E-state index < -0.39 is 5.97 Å². The second-order valence-electron chi connectivity index (χ2n) is 7.14. The Morgan fingerprint density at radius 2 is 1.88 bits per heavy atom. The van der Waals surface area contributed by atoms with Crippen molar-refractivity contribution in [3.8, 4) is 5.75 Å². The van der Waals surface area contributed by atoms with Crippen LogP contribution in [0.25, 0.3) is 27.5 Å². The van der Waals surface area contributed by atoms with Gasteiger partial charge in [0.25, 0.3) is 0 Å². The molecule has 0 amide bonds. The molecule has 0 saturated carbocycles. The van der Waals surface area contributed by atoms with E-state index in [1.165, 1.54) is 0 Å². The molecule has 5 rings (SSSR count). The van der Waals surface area contributed by atoms with E-state index >= 15 is 0 Å². The van der Waals surface area contributed by atoms with Gasteiger partial charge in [-0.05, 0) is 44.2 Å². The number of hydrogen-bond donors (Lipinski definition) is 1. The molecule has 0 aliphatic rings. The summed E-state index contributed by atoms with van der Waals surface area (Å²) in [4.78, 5) is 17.1. The summed E-state index contributed by atoms with van der Waals surface area (Å²) < 4.78 is 12.0. The maximum Gasteiger partial charge on any atom is 0.360 e. The van der Waals surface area contributed by atoms with E-state index in [4.69, 9.17) is 19.6 Å². The quantitative estimate of drug-likeness (QED) is 0.418. The standard InChI is InChI=1S/C23H20N6O3/c1-4-32-23(30)19-13(2)29-22(27-26-19)18-20(28-29)16-7-5-6-8-17(16)25-21(18)24-14-9-11-15(31-3)12-10-14/h5-12H,4H2,1-3H3,(H,24,25). The number of carbonyl (C=O) groups is 1. The van der Waals surface area contributed by atoms with Gasteiger partial charge in [-0.15, -0.1) is 10.2 Å². The number of esters is 1. The Balaban J connectivity index is 1.76. The largest absolute Gasteiger partial charge is 0.497 e. The Morgan fingerprint density at radius 1 is 1.09 bits per heavy atom. The SMILES string of the molecule is CCOC(=O)c1nnc2c3c(Nc4ccc(OC)cc4)nc4ccccc4c3nn2c1C. The molecule has 0 fully saturated rings. The molecule has 0 unspecified atom stereocenters. The summed E-state index contributed by atoms with van der Waals surface area (Å²) in [7, 11) is 1.63. The van der Waals surface area contributed by atoms with Gasteiger partial charge in [0.2, 0.25) is 0 Å². The van der Waals surface area contributed by atoms with Crippen molar-refractivity contribution in [1.29, 1.82) is 0 Å². The number of fused-ring (bicyclic) bond motifs is 5. The number of nitrogens with one attached hydrogen (secondary N) is 1. The first-order valence-electron chi connectivity index (χ1n) is 10.1. The lowest BCUT2D eigenvalue weighted by Gasteiger charge is -2.09. The Labute approximate surface area is 183 Å². The van der Waals surface area contributed by atoms with Gasteiger partial charge in [0, 0.05) is 11.1 Å². The van der Waals surface area contributed by atoms with E-state index in [-0.39, 0.29) is 12.3 Å². The van der Waals surface area contributed by atoms with Crippen LogP contribution in [0.3, 0.4) is 0 Å². The number of aryl methyl sites for hydroxylation is 1. The third kappa shape index (κ3) is 3.15. The summed E-state index contributed by atoms with van der Waals surface area (Å²) in [6, 6.07) is 15.3. The molecule has 3 aromatic heterocycles. The minimum atomic E-state index is -0.529. The second-order valence-corrected chi connectivity index (χ2v) is 7.14. The van der Waals surface area contributed by atoms with Crippen molar-refractivity contribution < 1.29 is 14.3 Å². The lowest BCUT2D eigenvalue weighted by atomic mass is 10.1. The molecule has 0 radical (unpaired) electrons. The molecule has 0 spiro atoms. The molecule has 1 N–H and O–H groups in total. The number of hydrogen-bond acceptors (Lipinski definition) is 8.